The second kappa shape index (κ2) is 10.1. The molecule has 0 saturated carbocycles. The second-order valence-electron chi connectivity index (χ2n) is 3.87. The fraction of sp³-hybridized carbons (Fsp3) is 0.583. The van der Waals surface area contributed by atoms with Gasteiger partial charge in [0.25, 0.3) is 11.8 Å². The molecule has 0 unspecified atom stereocenters. The third-order valence-electron chi connectivity index (χ3n) is 2.46. The van der Waals surface area contributed by atoms with Gasteiger partial charge in [-0.1, -0.05) is 0 Å². The molecular formula is C12H19N3O5. The van der Waals surface area contributed by atoms with E-state index < -0.39 is 0 Å². The largest absolute Gasteiger partial charge is 0.382 e. The van der Waals surface area contributed by atoms with Crippen LogP contribution >= 0.6 is 0 Å². The van der Waals surface area contributed by atoms with Gasteiger partial charge in [0.05, 0.1) is 19.8 Å². The minimum atomic E-state index is -0.374. The summed E-state index contributed by atoms with van der Waals surface area (Å²) in [4.78, 5) is 34.9. The molecule has 8 nitrogen and oxygen atoms in total. The fourth-order valence-electron chi connectivity index (χ4n) is 1.46. The Morgan fingerprint density at radius 3 is 2.45 bits per heavy atom. The van der Waals surface area contributed by atoms with E-state index in [-0.39, 0.29) is 36.8 Å². The maximum absolute atomic E-state index is 11.4. The van der Waals surface area contributed by atoms with Crippen LogP contribution in [0.5, 0.6) is 0 Å². The van der Waals surface area contributed by atoms with E-state index in [4.69, 9.17) is 9.47 Å². The van der Waals surface area contributed by atoms with E-state index in [9.17, 15) is 14.4 Å². The van der Waals surface area contributed by atoms with E-state index in [0.29, 0.717) is 26.4 Å². The first-order valence-corrected chi connectivity index (χ1v) is 6.02. The molecular weight excluding hydrogens is 266 g/mol. The molecule has 1 heterocycles. The van der Waals surface area contributed by atoms with Crippen LogP contribution in [0.4, 0.5) is 0 Å². The number of methoxy groups -OCH3 is 1. The van der Waals surface area contributed by atoms with Crippen molar-refractivity contribution < 1.29 is 23.9 Å². The minimum absolute atomic E-state index is 0. The fourth-order valence-corrected chi connectivity index (χ4v) is 1.46. The van der Waals surface area contributed by atoms with E-state index >= 15 is 0 Å². The summed E-state index contributed by atoms with van der Waals surface area (Å²) >= 11 is 0. The molecule has 3 amide bonds. The zero-order valence-corrected chi connectivity index (χ0v) is 11.4. The maximum atomic E-state index is 11.4. The molecule has 20 heavy (non-hydrogen) atoms. The molecule has 8 heteroatoms. The molecule has 0 fully saturated rings. The van der Waals surface area contributed by atoms with Crippen LogP contribution in [0.2, 0.25) is 0 Å². The molecule has 0 aromatic carbocycles. The molecule has 2 N–H and O–H groups in total. The van der Waals surface area contributed by atoms with Crippen LogP contribution in [0.15, 0.2) is 12.2 Å². The monoisotopic (exact) mass is 285 g/mol. The van der Waals surface area contributed by atoms with Gasteiger partial charge in [-0.2, -0.15) is 6.15 Å². The van der Waals surface area contributed by atoms with Gasteiger partial charge in [-0.15, -0.1) is 0 Å². The SMILES string of the molecule is COCCOCCNC(=O)CCN1C(=O)C=CC1=O.[NH]. The van der Waals surface area contributed by atoms with Gasteiger partial charge in [0.1, 0.15) is 0 Å². The van der Waals surface area contributed by atoms with Crippen molar-refractivity contribution in [1.82, 2.24) is 16.4 Å². The summed E-state index contributed by atoms with van der Waals surface area (Å²) in [5.41, 5.74) is 0. The van der Waals surface area contributed by atoms with Gasteiger partial charge < -0.3 is 14.8 Å². The standard InChI is InChI=1S/C12H18N2O5.HN/c1-18-8-9-19-7-5-13-10(15)4-6-14-11(16)2-3-12(14)17;/h2-3H,4-9H2,1H3,(H,13,15);1H. The second-order valence-corrected chi connectivity index (χ2v) is 3.87. The maximum Gasteiger partial charge on any atom is 0.253 e. The van der Waals surface area contributed by atoms with Crippen molar-refractivity contribution in [1.29, 1.82) is 0 Å². The van der Waals surface area contributed by atoms with E-state index in [1.54, 1.807) is 7.11 Å². The molecule has 0 aromatic heterocycles. The average Bonchev–Trinajstić information content (AvgIpc) is 2.71. The minimum Gasteiger partial charge on any atom is -0.382 e. The number of ether oxygens (including phenoxy) is 2. The predicted molar refractivity (Wildman–Crippen MR) is 69.3 cm³/mol. The van der Waals surface area contributed by atoms with Crippen LogP contribution in [0, 0.1) is 0 Å². The number of hydrogen-bond donors (Lipinski definition) is 1. The highest BCUT2D eigenvalue weighted by Gasteiger charge is 2.23. The zero-order chi connectivity index (χ0) is 14.1. The molecule has 1 rings (SSSR count). The lowest BCUT2D eigenvalue weighted by molar-refractivity contribution is -0.137. The van der Waals surface area contributed by atoms with Gasteiger partial charge in [0.15, 0.2) is 0 Å². The lowest BCUT2D eigenvalue weighted by Gasteiger charge is -2.13. The molecule has 0 saturated heterocycles. The van der Waals surface area contributed by atoms with Crippen LogP contribution in [-0.4, -0.2) is 62.6 Å². The van der Waals surface area contributed by atoms with Crippen molar-refractivity contribution in [3.05, 3.63) is 12.2 Å². The Morgan fingerprint density at radius 2 is 1.85 bits per heavy atom. The lowest BCUT2D eigenvalue weighted by atomic mass is 10.3. The molecule has 0 aromatic rings. The third kappa shape index (κ3) is 6.41. The number of hydrogen-bond acceptors (Lipinski definition) is 5. The van der Waals surface area contributed by atoms with Crippen molar-refractivity contribution in [3.63, 3.8) is 0 Å². The summed E-state index contributed by atoms with van der Waals surface area (Å²) in [5.74, 6) is -0.968. The molecule has 0 aliphatic carbocycles. The Bertz CT molecular complexity index is 352. The van der Waals surface area contributed by atoms with Gasteiger partial charge in [0.2, 0.25) is 5.91 Å². The van der Waals surface area contributed by atoms with Gasteiger partial charge >= 0.3 is 0 Å². The van der Waals surface area contributed by atoms with E-state index in [1.165, 1.54) is 12.2 Å². The molecule has 1 aliphatic heterocycles. The van der Waals surface area contributed by atoms with Gasteiger partial charge in [-0.05, 0) is 0 Å². The first-order chi connectivity index (χ1) is 9.15. The van der Waals surface area contributed by atoms with Crippen LogP contribution in [-0.2, 0) is 23.9 Å². The van der Waals surface area contributed by atoms with Crippen molar-refractivity contribution in [3.8, 4) is 0 Å². The highest BCUT2D eigenvalue weighted by Crippen LogP contribution is 2.03. The highest BCUT2D eigenvalue weighted by molar-refractivity contribution is 6.13. The van der Waals surface area contributed by atoms with Crippen LogP contribution < -0.4 is 11.5 Å². The number of amides is 3. The van der Waals surface area contributed by atoms with E-state index in [0.717, 1.165) is 4.90 Å². The molecule has 0 atom stereocenters. The predicted octanol–water partition coefficient (Wildman–Crippen LogP) is -1.19. The smallest absolute Gasteiger partial charge is 0.253 e. The van der Waals surface area contributed by atoms with Crippen LogP contribution in [0.3, 0.4) is 0 Å². The normalized spacial score (nSPS) is 13.6. The van der Waals surface area contributed by atoms with Crippen LogP contribution in [0.25, 0.3) is 0 Å². The van der Waals surface area contributed by atoms with Crippen molar-refractivity contribution in [2.24, 2.45) is 0 Å². The van der Waals surface area contributed by atoms with E-state index in [2.05, 4.69) is 5.32 Å². The van der Waals surface area contributed by atoms with E-state index in [1.807, 2.05) is 0 Å². The topological polar surface area (TPSA) is 117 Å². The van der Waals surface area contributed by atoms with Crippen molar-refractivity contribution >= 4 is 17.7 Å². The number of rotatable bonds is 9. The molecule has 1 aliphatic rings. The van der Waals surface area contributed by atoms with Crippen molar-refractivity contribution in [2.75, 3.05) is 40.0 Å². The van der Waals surface area contributed by atoms with Gasteiger partial charge in [-0.3, -0.25) is 19.3 Å². The molecule has 0 bridgehead atoms. The number of imide groups is 1. The summed E-state index contributed by atoms with van der Waals surface area (Å²) in [5, 5.41) is 2.64. The Kier molecular flexibility index (Phi) is 9.18. The average molecular weight is 285 g/mol. The number of carbonyl (C=O) groups excluding carboxylic acids is 3. The summed E-state index contributed by atoms with van der Waals surface area (Å²) in [6.07, 6.45) is 2.49. The van der Waals surface area contributed by atoms with Gasteiger partial charge in [0, 0.05) is 38.8 Å². The summed E-state index contributed by atoms with van der Waals surface area (Å²) in [7, 11) is 1.58. The lowest BCUT2D eigenvalue weighted by Crippen LogP contribution is -2.35. The first-order valence-electron chi connectivity index (χ1n) is 6.02. The Hall–Kier alpha value is -1.77. The molecule has 2 radical (unpaired) electrons. The summed E-state index contributed by atoms with van der Waals surface area (Å²) in [6, 6.07) is 0. The molecule has 0 spiro atoms. The quantitative estimate of drug-likeness (QED) is 0.422. The summed E-state index contributed by atoms with van der Waals surface area (Å²) < 4.78 is 9.97. The first kappa shape index (κ1) is 18.2. The van der Waals surface area contributed by atoms with Crippen LogP contribution in [0.1, 0.15) is 6.42 Å². The van der Waals surface area contributed by atoms with Crippen molar-refractivity contribution in [2.45, 2.75) is 6.42 Å². The van der Waals surface area contributed by atoms with Gasteiger partial charge in [-0.25, -0.2) is 0 Å². The number of nitrogens with one attached hydrogen (secondary N) is 2. The Labute approximate surface area is 117 Å². The molecule has 112 valence electrons. The summed E-state index contributed by atoms with van der Waals surface area (Å²) in [6.45, 7) is 1.89. The number of carbonyl (C=O) groups is 3. The third-order valence-corrected chi connectivity index (χ3v) is 2.46. The zero-order valence-electron chi connectivity index (χ0n) is 11.4. The highest BCUT2D eigenvalue weighted by atomic mass is 16.5. The number of nitrogens with zero attached hydrogens (tertiary/aromatic N) is 1. The Morgan fingerprint density at radius 1 is 1.20 bits per heavy atom. The Balaban J connectivity index is 0.00000361.